The Bertz CT molecular complexity index is 822. The van der Waals surface area contributed by atoms with Gasteiger partial charge in [0.1, 0.15) is 0 Å². The van der Waals surface area contributed by atoms with Crippen molar-refractivity contribution in [1.82, 2.24) is 9.97 Å². The number of carbonyl (C=O) groups excluding carboxylic acids is 2. The maximum absolute atomic E-state index is 12.4. The quantitative estimate of drug-likeness (QED) is 0.724. The zero-order valence-corrected chi connectivity index (χ0v) is 11.4. The van der Waals surface area contributed by atoms with Crippen LogP contribution in [0.15, 0.2) is 48.5 Å². The Kier molecular flexibility index (Phi) is 3.23. The second kappa shape index (κ2) is 5.20. The number of nitrogens with one attached hydrogen (secondary N) is 2. The zero-order chi connectivity index (χ0) is 14.8. The lowest BCUT2D eigenvalue weighted by molar-refractivity contribution is -0.114. The van der Waals surface area contributed by atoms with E-state index in [0.717, 1.165) is 0 Å². The van der Waals surface area contributed by atoms with Gasteiger partial charge in [0.15, 0.2) is 5.78 Å². The van der Waals surface area contributed by atoms with E-state index in [0.29, 0.717) is 28.1 Å². The third-order valence-corrected chi connectivity index (χ3v) is 3.07. The molecule has 1 aromatic heterocycles. The molecule has 5 nitrogen and oxygen atoms in total. The van der Waals surface area contributed by atoms with Crippen molar-refractivity contribution >= 4 is 28.7 Å². The summed E-state index contributed by atoms with van der Waals surface area (Å²) in [6.45, 7) is 1.41. The van der Waals surface area contributed by atoms with Gasteiger partial charge in [0, 0.05) is 18.1 Å². The molecular formula is C16H13N3O2. The van der Waals surface area contributed by atoms with Gasteiger partial charge in [-0.2, -0.15) is 0 Å². The van der Waals surface area contributed by atoms with Crippen molar-refractivity contribution in [3.63, 3.8) is 0 Å². The highest BCUT2D eigenvalue weighted by Gasteiger charge is 2.11. The number of aromatic amines is 1. The molecule has 0 aliphatic rings. The highest BCUT2D eigenvalue weighted by Crippen LogP contribution is 2.18. The molecule has 0 saturated heterocycles. The van der Waals surface area contributed by atoms with Crippen LogP contribution in [0.5, 0.6) is 0 Å². The summed E-state index contributed by atoms with van der Waals surface area (Å²) in [6.07, 6.45) is 0. The lowest BCUT2D eigenvalue weighted by Crippen LogP contribution is -2.06. The van der Waals surface area contributed by atoms with Crippen LogP contribution in [0.25, 0.3) is 11.0 Å². The van der Waals surface area contributed by atoms with Crippen molar-refractivity contribution in [1.29, 1.82) is 0 Å². The monoisotopic (exact) mass is 279 g/mol. The van der Waals surface area contributed by atoms with Gasteiger partial charge in [-0.25, -0.2) is 4.98 Å². The Morgan fingerprint density at radius 3 is 2.52 bits per heavy atom. The second-order valence-corrected chi connectivity index (χ2v) is 4.69. The number of nitrogens with zero attached hydrogens (tertiary/aromatic N) is 1. The molecule has 0 spiro atoms. The number of ketones is 1. The summed E-state index contributed by atoms with van der Waals surface area (Å²) in [5.41, 5.74) is 2.62. The summed E-state index contributed by atoms with van der Waals surface area (Å²) in [7, 11) is 0. The molecule has 2 aromatic carbocycles. The predicted octanol–water partition coefficient (Wildman–Crippen LogP) is 2.75. The van der Waals surface area contributed by atoms with Gasteiger partial charge < -0.3 is 4.98 Å². The molecule has 2 N–H and O–H groups in total. The first-order valence-electron chi connectivity index (χ1n) is 6.50. The van der Waals surface area contributed by atoms with Crippen molar-refractivity contribution in [2.45, 2.75) is 6.92 Å². The molecule has 0 radical (unpaired) electrons. The molecule has 0 bridgehead atoms. The smallest absolute Gasteiger partial charge is 0.223 e. The molecule has 0 aliphatic heterocycles. The molecule has 0 saturated carbocycles. The summed E-state index contributed by atoms with van der Waals surface area (Å²) < 4.78 is 0. The first-order chi connectivity index (χ1) is 10.1. The Labute approximate surface area is 121 Å². The van der Waals surface area contributed by atoms with Gasteiger partial charge in [-0.1, -0.05) is 30.3 Å². The lowest BCUT2D eigenvalue weighted by Gasteiger charge is -2.00. The Balaban J connectivity index is 1.97. The molecule has 0 unspecified atom stereocenters. The summed E-state index contributed by atoms with van der Waals surface area (Å²) in [5.74, 6) is 0.129. The summed E-state index contributed by atoms with van der Waals surface area (Å²) >= 11 is 0. The fourth-order valence-corrected chi connectivity index (χ4v) is 2.13. The van der Waals surface area contributed by atoms with E-state index in [4.69, 9.17) is 0 Å². The molecule has 0 aliphatic carbocycles. The van der Waals surface area contributed by atoms with E-state index in [1.54, 1.807) is 30.3 Å². The average molecular weight is 279 g/mol. The molecule has 21 heavy (non-hydrogen) atoms. The molecule has 104 valence electrons. The van der Waals surface area contributed by atoms with Crippen LogP contribution >= 0.6 is 0 Å². The van der Waals surface area contributed by atoms with Crippen molar-refractivity contribution in [2.75, 3.05) is 5.32 Å². The van der Waals surface area contributed by atoms with E-state index in [2.05, 4.69) is 15.3 Å². The van der Waals surface area contributed by atoms with Gasteiger partial charge in [0.05, 0.1) is 11.0 Å². The molecule has 1 heterocycles. The third-order valence-electron chi connectivity index (χ3n) is 3.07. The number of amides is 1. The van der Waals surface area contributed by atoms with Crippen LogP contribution in [-0.2, 0) is 4.79 Å². The van der Waals surface area contributed by atoms with Crippen LogP contribution in [0.2, 0.25) is 0 Å². The predicted molar refractivity (Wildman–Crippen MR) is 80.3 cm³/mol. The normalized spacial score (nSPS) is 10.5. The Hall–Kier alpha value is -2.95. The molecular weight excluding hydrogens is 266 g/mol. The van der Waals surface area contributed by atoms with E-state index in [9.17, 15) is 9.59 Å². The number of rotatable bonds is 3. The lowest BCUT2D eigenvalue weighted by atomic mass is 10.0. The SMILES string of the molecule is CC(=O)Nc1nc2ccc(C(=O)c3ccccc3)cc2[nH]1. The van der Waals surface area contributed by atoms with E-state index < -0.39 is 0 Å². The van der Waals surface area contributed by atoms with Gasteiger partial charge >= 0.3 is 0 Å². The third kappa shape index (κ3) is 2.67. The molecule has 1 amide bonds. The fraction of sp³-hybridized carbons (Fsp3) is 0.0625. The van der Waals surface area contributed by atoms with Crippen LogP contribution in [0.3, 0.4) is 0 Å². The number of aromatic nitrogens is 2. The first kappa shape index (κ1) is 13.1. The summed E-state index contributed by atoms with van der Waals surface area (Å²) in [4.78, 5) is 30.6. The highest BCUT2D eigenvalue weighted by atomic mass is 16.1. The summed E-state index contributed by atoms with van der Waals surface area (Å²) in [5, 5.41) is 2.58. The van der Waals surface area contributed by atoms with Gasteiger partial charge in [-0.05, 0) is 18.2 Å². The van der Waals surface area contributed by atoms with E-state index in [1.807, 2.05) is 18.2 Å². The van der Waals surface area contributed by atoms with Crippen LogP contribution in [0, 0.1) is 0 Å². The zero-order valence-electron chi connectivity index (χ0n) is 11.4. The maximum Gasteiger partial charge on any atom is 0.223 e. The fourth-order valence-electron chi connectivity index (χ4n) is 2.13. The number of H-pyrrole nitrogens is 1. The van der Waals surface area contributed by atoms with Crippen molar-refractivity contribution in [3.05, 3.63) is 59.7 Å². The Morgan fingerprint density at radius 2 is 1.81 bits per heavy atom. The maximum atomic E-state index is 12.4. The topological polar surface area (TPSA) is 74.8 Å². The number of imidazole rings is 1. The minimum absolute atomic E-state index is 0.0480. The van der Waals surface area contributed by atoms with Crippen LogP contribution in [-0.4, -0.2) is 21.7 Å². The highest BCUT2D eigenvalue weighted by molar-refractivity contribution is 6.10. The van der Waals surface area contributed by atoms with Gasteiger partial charge in [0.2, 0.25) is 11.9 Å². The van der Waals surface area contributed by atoms with Gasteiger partial charge in [-0.15, -0.1) is 0 Å². The number of hydrogen-bond acceptors (Lipinski definition) is 3. The van der Waals surface area contributed by atoms with Crippen molar-refractivity contribution < 1.29 is 9.59 Å². The molecule has 5 heteroatoms. The standard InChI is InChI=1S/C16H13N3O2/c1-10(20)17-16-18-13-8-7-12(9-14(13)19-16)15(21)11-5-3-2-4-6-11/h2-9H,1H3,(H2,17,18,19,20). The number of benzene rings is 2. The number of fused-ring (bicyclic) bond motifs is 1. The van der Waals surface area contributed by atoms with Crippen molar-refractivity contribution in [3.8, 4) is 0 Å². The molecule has 0 atom stereocenters. The van der Waals surface area contributed by atoms with E-state index in [1.165, 1.54) is 6.92 Å². The van der Waals surface area contributed by atoms with Gasteiger partial charge in [-0.3, -0.25) is 14.9 Å². The molecule has 3 aromatic rings. The van der Waals surface area contributed by atoms with Gasteiger partial charge in [0.25, 0.3) is 0 Å². The van der Waals surface area contributed by atoms with E-state index >= 15 is 0 Å². The summed E-state index contributed by atoms with van der Waals surface area (Å²) in [6, 6.07) is 14.3. The van der Waals surface area contributed by atoms with Crippen molar-refractivity contribution in [2.24, 2.45) is 0 Å². The number of carbonyl (C=O) groups is 2. The molecule has 3 rings (SSSR count). The Morgan fingerprint density at radius 1 is 1.05 bits per heavy atom. The minimum Gasteiger partial charge on any atom is -0.324 e. The molecule has 0 fully saturated rings. The van der Waals surface area contributed by atoms with E-state index in [-0.39, 0.29) is 11.7 Å². The second-order valence-electron chi connectivity index (χ2n) is 4.69. The largest absolute Gasteiger partial charge is 0.324 e. The van der Waals surface area contributed by atoms with Crippen LogP contribution in [0.1, 0.15) is 22.8 Å². The van der Waals surface area contributed by atoms with Crippen LogP contribution in [0.4, 0.5) is 5.95 Å². The average Bonchev–Trinajstić information content (AvgIpc) is 2.87. The van der Waals surface area contributed by atoms with Crippen LogP contribution < -0.4 is 5.32 Å². The first-order valence-corrected chi connectivity index (χ1v) is 6.50. The minimum atomic E-state index is -0.199. The number of anilines is 1. The number of hydrogen-bond donors (Lipinski definition) is 2.